The predicted octanol–water partition coefficient (Wildman–Crippen LogP) is 1.10. The Bertz CT molecular complexity index is 569. The second-order valence-corrected chi connectivity index (χ2v) is 6.02. The van der Waals surface area contributed by atoms with Crippen LogP contribution in [0, 0.1) is 5.92 Å². The van der Waals surface area contributed by atoms with Gasteiger partial charge in [-0.25, -0.2) is 4.79 Å². The lowest BCUT2D eigenvalue weighted by Gasteiger charge is -2.21. The van der Waals surface area contributed by atoms with Gasteiger partial charge in [0.1, 0.15) is 12.1 Å². The van der Waals surface area contributed by atoms with E-state index in [2.05, 4.69) is 10.6 Å². The van der Waals surface area contributed by atoms with E-state index in [0.29, 0.717) is 18.8 Å². The predicted molar refractivity (Wildman–Crippen MR) is 84.7 cm³/mol. The first-order valence-electron chi connectivity index (χ1n) is 7.80. The molecule has 23 heavy (non-hydrogen) atoms. The van der Waals surface area contributed by atoms with E-state index in [1.165, 1.54) is 6.92 Å². The molecular formula is C17H22N2O4. The first kappa shape index (κ1) is 17.0. The Kier molecular flexibility index (Phi) is 5.73. The van der Waals surface area contributed by atoms with Crippen LogP contribution < -0.4 is 10.6 Å². The summed E-state index contributed by atoms with van der Waals surface area (Å²) < 4.78 is 0. The lowest BCUT2D eigenvalue weighted by atomic mass is 10.0. The van der Waals surface area contributed by atoms with Crippen LogP contribution in [-0.2, 0) is 20.8 Å². The Labute approximate surface area is 135 Å². The van der Waals surface area contributed by atoms with Crippen molar-refractivity contribution in [1.29, 1.82) is 0 Å². The Balaban J connectivity index is 2.02. The van der Waals surface area contributed by atoms with Gasteiger partial charge in [-0.1, -0.05) is 43.2 Å². The number of carbonyl (C=O) groups excluding carboxylic acids is 2. The van der Waals surface area contributed by atoms with Crippen molar-refractivity contribution >= 4 is 17.8 Å². The fraction of sp³-hybridized carbons (Fsp3) is 0.471. The third-order valence-corrected chi connectivity index (χ3v) is 3.86. The Morgan fingerprint density at radius 2 is 1.78 bits per heavy atom. The van der Waals surface area contributed by atoms with Gasteiger partial charge in [-0.05, 0) is 17.9 Å². The Morgan fingerprint density at radius 1 is 1.13 bits per heavy atom. The van der Waals surface area contributed by atoms with Crippen molar-refractivity contribution in [3.05, 3.63) is 35.9 Å². The van der Waals surface area contributed by atoms with Gasteiger partial charge >= 0.3 is 5.97 Å². The number of nitrogens with one attached hydrogen (secondary N) is 2. The molecule has 6 heteroatoms. The number of carbonyl (C=O) groups is 3. The van der Waals surface area contributed by atoms with E-state index in [0.717, 1.165) is 18.4 Å². The highest BCUT2D eigenvalue weighted by atomic mass is 16.4. The molecule has 124 valence electrons. The molecule has 0 spiro atoms. The van der Waals surface area contributed by atoms with E-state index in [1.54, 1.807) is 0 Å². The SMILES string of the molecule is CC(=O)N[C@H](Cc1ccccc1)C(=O)N[C@H](CC1CC1)C(=O)O. The first-order valence-corrected chi connectivity index (χ1v) is 7.80. The highest BCUT2D eigenvalue weighted by molar-refractivity contribution is 5.90. The largest absolute Gasteiger partial charge is 0.480 e. The summed E-state index contributed by atoms with van der Waals surface area (Å²) in [5, 5.41) is 14.4. The smallest absolute Gasteiger partial charge is 0.326 e. The van der Waals surface area contributed by atoms with E-state index >= 15 is 0 Å². The van der Waals surface area contributed by atoms with Crippen LogP contribution >= 0.6 is 0 Å². The first-order chi connectivity index (χ1) is 11.0. The Morgan fingerprint density at radius 3 is 2.30 bits per heavy atom. The third kappa shape index (κ3) is 5.73. The molecular weight excluding hydrogens is 296 g/mol. The maximum absolute atomic E-state index is 12.4. The van der Waals surface area contributed by atoms with Gasteiger partial charge in [0, 0.05) is 13.3 Å². The molecule has 0 radical (unpaired) electrons. The molecule has 1 fully saturated rings. The maximum Gasteiger partial charge on any atom is 0.326 e. The van der Waals surface area contributed by atoms with Crippen LogP contribution in [0.2, 0.25) is 0 Å². The highest BCUT2D eigenvalue weighted by Gasteiger charge is 2.32. The average molecular weight is 318 g/mol. The zero-order valence-corrected chi connectivity index (χ0v) is 13.1. The van der Waals surface area contributed by atoms with E-state index in [9.17, 15) is 19.5 Å². The number of carboxylic acid groups (broad SMARTS) is 1. The van der Waals surface area contributed by atoms with Gasteiger partial charge < -0.3 is 15.7 Å². The van der Waals surface area contributed by atoms with Crippen LogP contribution in [0.3, 0.4) is 0 Å². The normalized spacial score (nSPS) is 16.2. The van der Waals surface area contributed by atoms with Gasteiger partial charge in [-0.15, -0.1) is 0 Å². The molecule has 1 aromatic rings. The second kappa shape index (κ2) is 7.76. The molecule has 1 aliphatic carbocycles. The van der Waals surface area contributed by atoms with E-state index in [4.69, 9.17) is 0 Å². The topological polar surface area (TPSA) is 95.5 Å². The summed E-state index contributed by atoms with van der Waals surface area (Å²) in [5.41, 5.74) is 0.899. The van der Waals surface area contributed by atoms with Gasteiger partial charge in [0.15, 0.2) is 0 Å². The average Bonchev–Trinajstić information content (AvgIpc) is 3.30. The second-order valence-electron chi connectivity index (χ2n) is 6.02. The monoisotopic (exact) mass is 318 g/mol. The molecule has 2 atom stereocenters. The van der Waals surface area contributed by atoms with Crippen molar-refractivity contribution < 1.29 is 19.5 Å². The Hall–Kier alpha value is -2.37. The highest BCUT2D eigenvalue weighted by Crippen LogP contribution is 2.33. The van der Waals surface area contributed by atoms with Crippen LogP contribution in [0.4, 0.5) is 0 Å². The fourth-order valence-corrected chi connectivity index (χ4v) is 2.49. The molecule has 0 bridgehead atoms. The van der Waals surface area contributed by atoms with Crippen LogP contribution in [0.1, 0.15) is 31.7 Å². The summed E-state index contributed by atoms with van der Waals surface area (Å²) in [5.74, 6) is -1.44. The van der Waals surface area contributed by atoms with Gasteiger partial charge in [0.2, 0.25) is 11.8 Å². The summed E-state index contributed by atoms with van der Waals surface area (Å²) >= 11 is 0. The quantitative estimate of drug-likeness (QED) is 0.669. The fourth-order valence-electron chi connectivity index (χ4n) is 2.49. The summed E-state index contributed by atoms with van der Waals surface area (Å²) in [6.07, 6.45) is 2.79. The number of aliphatic carboxylic acids is 1. The summed E-state index contributed by atoms with van der Waals surface area (Å²) in [4.78, 5) is 35.1. The minimum Gasteiger partial charge on any atom is -0.480 e. The van der Waals surface area contributed by atoms with Crippen molar-refractivity contribution in [2.24, 2.45) is 5.92 Å². The minimum absolute atomic E-state index is 0.321. The zero-order chi connectivity index (χ0) is 16.8. The maximum atomic E-state index is 12.4. The third-order valence-electron chi connectivity index (χ3n) is 3.86. The van der Waals surface area contributed by atoms with E-state index in [1.807, 2.05) is 30.3 Å². The molecule has 0 saturated heterocycles. The van der Waals surface area contributed by atoms with Crippen LogP contribution in [0.5, 0.6) is 0 Å². The summed E-state index contributed by atoms with van der Waals surface area (Å²) in [6.45, 7) is 1.34. The molecule has 0 unspecified atom stereocenters. The van der Waals surface area contributed by atoms with Gasteiger partial charge in [-0.2, -0.15) is 0 Å². The molecule has 0 heterocycles. The summed E-state index contributed by atoms with van der Waals surface area (Å²) in [7, 11) is 0. The van der Waals surface area contributed by atoms with Crippen molar-refractivity contribution in [1.82, 2.24) is 10.6 Å². The molecule has 3 N–H and O–H groups in total. The molecule has 6 nitrogen and oxygen atoms in total. The molecule has 2 rings (SSSR count). The number of amides is 2. The van der Waals surface area contributed by atoms with Crippen LogP contribution in [0.15, 0.2) is 30.3 Å². The molecule has 2 amide bonds. The van der Waals surface area contributed by atoms with E-state index in [-0.39, 0.29) is 5.91 Å². The molecule has 0 aliphatic heterocycles. The number of hydrogen-bond acceptors (Lipinski definition) is 3. The van der Waals surface area contributed by atoms with Crippen molar-refractivity contribution in [3.8, 4) is 0 Å². The van der Waals surface area contributed by atoms with Gasteiger partial charge in [-0.3, -0.25) is 9.59 Å². The lowest BCUT2D eigenvalue weighted by molar-refractivity contribution is -0.142. The van der Waals surface area contributed by atoms with Crippen LogP contribution in [0.25, 0.3) is 0 Å². The standard InChI is InChI=1S/C17H22N2O4/c1-11(20)18-14(9-12-5-3-2-4-6-12)16(21)19-15(17(22)23)10-13-7-8-13/h2-6,13-15H,7-10H2,1H3,(H,18,20)(H,19,21)(H,22,23)/t14-,15-/m1/s1. The number of carboxylic acids is 1. The number of hydrogen-bond donors (Lipinski definition) is 3. The minimum atomic E-state index is -1.04. The number of rotatable bonds is 8. The van der Waals surface area contributed by atoms with Crippen molar-refractivity contribution in [2.75, 3.05) is 0 Å². The van der Waals surface area contributed by atoms with Gasteiger partial charge in [0.05, 0.1) is 0 Å². The van der Waals surface area contributed by atoms with Crippen molar-refractivity contribution in [2.45, 2.75) is 44.7 Å². The molecule has 1 aromatic carbocycles. The van der Waals surface area contributed by atoms with Crippen molar-refractivity contribution in [3.63, 3.8) is 0 Å². The van der Waals surface area contributed by atoms with Gasteiger partial charge in [0.25, 0.3) is 0 Å². The lowest BCUT2D eigenvalue weighted by Crippen LogP contribution is -2.52. The summed E-state index contributed by atoms with van der Waals surface area (Å²) in [6, 6.07) is 7.61. The zero-order valence-electron chi connectivity index (χ0n) is 13.1. The molecule has 0 aromatic heterocycles. The molecule has 1 aliphatic rings. The molecule has 1 saturated carbocycles. The van der Waals surface area contributed by atoms with E-state index < -0.39 is 24.0 Å². The van der Waals surface area contributed by atoms with Crippen LogP contribution in [-0.4, -0.2) is 35.0 Å². The number of benzene rings is 1.